The number of hydrogen-bond acceptors (Lipinski definition) is 7. The van der Waals surface area contributed by atoms with E-state index in [1.165, 1.54) is 12.3 Å². The molecule has 2 aromatic heterocycles. The van der Waals surface area contributed by atoms with Crippen molar-refractivity contribution in [1.82, 2.24) is 9.88 Å². The molecule has 3 heterocycles. The van der Waals surface area contributed by atoms with Crippen LogP contribution >= 0.6 is 15.9 Å². The summed E-state index contributed by atoms with van der Waals surface area (Å²) in [5.41, 5.74) is 0.427. The third-order valence-corrected chi connectivity index (χ3v) is 4.98. The number of nitriles is 1. The highest BCUT2D eigenvalue weighted by atomic mass is 79.9. The maximum absolute atomic E-state index is 12.7. The van der Waals surface area contributed by atoms with Crippen molar-refractivity contribution < 1.29 is 18.7 Å². The van der Waals surface area contributed by atoms with Crippen LogP contribution in [-0.4, -0.2) is 47.1 Å². The van der Waals surface area contributed by atoms with Crippen LogP contribution in [0.15, 0.2) is 49.9 Å². The lowest BCUT2D eigenvalue weighted by Gasteiger charge is -2.34. The highest BCUT2D eigenvalue weighted by Gasteiger charge is 2.28. The van der Waals surface area contributed by atoms with E-state index in [0.29, 0.717) is 37.8 Å². The molecule has 1 amide bonds. The lowest BCUT2D eigenvalue weighted by molar-refractivity contribution is 0.0742. The number of piperazine rings is 1. The van der Waals surface area contributed by atoms with Gasteiger partial charge in [0, 0.05) is 30.7 Å². The molecule has 1 aromatic carbocycles. The molecule has 0 unspecified atom stereocenters. The van der Waals surface area contributed by atoms with E-state index in [-0.39, 0.29) is 28.8 Å². The van der Waals surface area contributed by atoms with Gasteiger partial charge in [0.1, 0.15) is 11.8 Å². The van der Waals surface area contributed by atoms with E-state index in [2.05, 4.69) is 20.9 Å². The number of halogens is 1. The Morgan fingerprint density at radius 3 is 2.71 bits per heavy atom. The van der Waals surface area contributed by atoms with Gasteiger partial charge in [0.05, 0.1) is 11.8 Å². The summed E-state index contributed by atoms with van der Waals surface area (Å²) in [4.78, 5) is 20.5. The molecular formula is C19H15BrN4O4. The number of aromatic hydroxyl groups is 1. The molecule has 4 rings (SSSR count). The Morgan fingerprint density at radius 2 is 2.04 bits per heavy atom. The van der Waals surface area contributed by atoms with Crippen molar-refractivity contribution >= 4 is 27.7 Å². The number of phenolic OH excluding ortho intramolecular Hbond substituents is 1. The molecule has 0 atom stereocenters. The Morgan fingerprint density at radius 1 is 1.25 bits per heavy atom. The Kier molecular flexibility index (Phi) is 4.79. The molecule has 0 spiro atoms. The van der Waals surface area contributed by atoms with Crippen molar-refractivity contribution in [1.29, 1.82) is 5.26 Å². The van der Waals surface area contributed by atoms with Crippen LogP contribution in [0.25, 0.3) is 11.7 Å². The smallest absolute Gasteiger partial charge is 0.266 e. The van der Waals surface area contributed by atoms with E-state index < -0.39 is 0 Å². The van der Waals surface area contributed by atoms with Crippen molar-refractivity contribution in [2.75, 3.05) is 31.1 Å². The molecular weight excluding hydrogens is 428 g/mol. The number of furan rings is 1. The Balaban J connectivity index is 1.49. The summed E-state index contributed by atoms with van der Waals surface area (Å²) in [6.07, 6.45) is 1.51. The van der Waals surface area contributed by atoms with E-state index in [0.717, 1.165) is 4.47 Å². The zero-order chi connectivity index (χ0) is 19.7. The number of anilines is 1. The average molecular weight is 443 g/mol. The van der Waals surface area contributed by atoms with Crippen molar-refractivity contribution in [3.05, 3.63) is 52.3 Å². The van der Waals surface area contributed by atoms with Gasteiger partial charge in [-0.25, -0.2) is 0 Å². The lowest BCUT2D eigenvalue weighted by Crippen LogP contribution is -2.48. The van der Waals surface area contributed by atoms with Crippen LogP contribution in [0.5, 0.6) is 5.75 Å². The first-order valence-corrected chi connectivity index (χ1v) is 9.33. The summed E-state index contributed by atoms with van der Waals surface area (Å²) in [5.74, 6) is 0.760. The fraction of sp³-hybridized carbons (Fsp3) is 0.211. The topological polar surface area (TPSA) is 107 Å². The molecule has 1 N–H and O–H groups in total. The molecule has 28 heavy (non-hydrogen) atoms. The zero-order valence-electron chi connectivity index (χ0n) is 14.6. The first kappa shape index (κ1) is 18.1. The van der Waals surface area contributed by atoms with Gasteiger partial charge < -0.3 is 23.7 Å². The molecule has 1 fully saturated rings. The van der Waals surface area contributed by atoms with Crippen LogP contribution in [-0.2, 0) is 0 Å². The molecule has 0 bridgehead atoms. The van der Waals surface area contributed by atoms with Crippen LogP contribution in [0.2, 0.25) is 0 Å². The molecule has 0 radical (unpaired) electrons. The predicted octanol–water partition coefficient (Wildman–Crippen LogP) is 3.24. The number of carbonyl (C=O) groups is 1. The number of hydrogen-bond donors (Lipinski definition) is 1. The van der Waals surface area contributed by atoms with Crippen molar-refractivity contribution in [2.24, 2.45) is 0 Å². The number of oxazole rings is 1. The number of benzene rings is 1. The summed E-state index contributed by atoms with van der Waals surface area (Å²) in [7, 11) is 0. The summed E-state index contributed by atoms with van der Waals surface area (Å²) < 4.78 is 11.7. The van der Waals surface area contributed by atoms with Crippen LogP contribution in [0.3, 0.4) is 0 Å². The van der Waals surface area contributed by atoms with E-state index in [4.69, 9.17) is 8.83 Å². The number of phenols is 1. The van der Waals surface area contributed by atoms with Gasteiger partial charge in [-0.1, -0.05) is 15.9 Å². The van der Waals surface area contributed by atoms with Gasteiger partial charge in [-0.3, -0.25) is 4.79 Å². The fourth-order valence-corrected chi connectivity index (χ4v) is 3.43. The number of carbonyl (C=O) groups excluding carboxylic acids is 1. The second-order valence-electron chi connectivity index (χ2n) is 6.20. The van der Waals surface area contributed by atoms with Crippen molar-refractivity contribution in [2.45, 2.75) is 0 Å². The highest BCUT2D eigenvalue weighted by Crippen LogP contribution is 2.30. The highest BCUT2D eigenvalue weighted by molar-refractivity contribution is 9.10. The minimum absolute atomic E-state index is 0.0549. The first-order valence-electron chi connectivity index (χ1n) is 8.54. The number of nitrogens with zero attached hydrogens (tertiary/aromatic N) is 4. The Labute approximate surface area is 168 Å². The Hall–Kier alpha value is -3.25. The molecule has 1 aliphatic rings. The van der Waals surface area contributed by atoms with Crippen LogP contribution < -0.4 is 4.90 Å². The monoisotopic (exact) mass is 442 g/mol. The maximum Gasteiger partial charge on any atom is 0.266 e. The predicted molar refractivity (Wildman–Crippen MR) is 103 cm³/mol. The third kappa shape index (κ3) is 3.34. The minimum atomic E-state index is -0.243. The van der Waals surface area contributed by atoms with E-state index in [1.807, 2.05) is 11.0 Å². The molecule has 3 aromatic rings. The molecule has 9 heteroatoms. The van der Waals surface area contributed by atoms with E-state index in [9.17, 15) is 15.2 Å². The number of aromatic nitrogens is 1. The summed E-state index contributed by atoms with van der Waals surface area (Å²) in [6, 6.07) is 10.2. The molecule has 0 aliphatic carbocycles. The maximum atomic E-state index is 12.7. The summed E-state index contributed by atoms with van der Waals surface area (Å²) in [5, 5.41) is 19.4. The molecule has 1 aliphatic heterocycles. The molecule has 8 nitrogen and oxygen atoms in total. The second-order valence-corrected chi connectivity index (χ2v) is 7.12. The van der Waals surface area contributed by atoms with Gasteiger partial charge in [-0.15, -0.1) is 0 Å². The average Bonchev–Trinajstić information content (AvgIpc) is 3.39. The van der Waals surface area contributed by atoms with E-state index >= 15 is 0 Å². The first-order chi connectivity index (χ1) is 13.6. The van der Waals surface area contributed by atoms with Gasteiger partial charge >= 0.3 is 0 Å². The van der Waals surface area contributed by atoms with E-state index in [1.54, 1.807) is 29.2 Å². The molecule has 1 saturated heterocycles. The lowest BCUT2D eigenvalue weighted by atomic mass is 10.1. The van der Waals surface area contributed by atoms with Gasteiger partial charge in [-0.05, 0) is 30.3 Å². The quantitative estimate of drug-likeness (QED) is 0.663. The second kappa shape index (κ2) is 7.40. The van der Waals surface area contributed by atoms with Gasteiger partial charge in [0.2, 0.25) is 11.6 Å². The largest absolute Gasteiger partial charge is 0.507 e. The van der Waals surface area contributed by atoms with Gasteiger partial charge in [0.15, 0.2) is 5.76 Å². The SMILES string of the molecule is N#Cc1nc(-c2ccco2)oc1N1CCN(C(=O)c2cc(Br)ccc2O)CC1. The zero-order valence-corrected chi connectivity index (χ0v) is 16.2. The fourth-order valence-electron chi connectivity index (χ4n) is 3.07. The van der Waals surface area contributed by atoms with Crippen LogP contribution in [0, 0.1) is 11.3 Å². The van der Waals surface area contributed by atoms with Gasteiger partial charge in [-0.2, -0.15) is 10.2 Å². The van der Waals surface area contributed by atoms with Crippen molar-refractivity contribution in [3.8, 4) is 23.5 Å². The standard InChI is InChI=1S/C19H15BrN4O4/c20-12-3-4-15(25)13(10-12)18(26)23-5-7-24(8-6-23)19-14(11-21)22-17(28-19)16-2-1-9-27-16/h1-4,9-10,25H,5-8H2. The van der Waals surface area contributed by atoms with Gasteiger partial charge in [0.25, 0.3) is 11.8 Å². The normalized spacial score (nSPS) is 14.1. The van der Waals surface area contributed by atoms with Crippen molar-refractivity contribution in [3.63, 3.8) is 0 Å². The minimum Gasteiger partial charge on any atom is -0.507 e. The van der Waals surface area contributed by atoms with Crippen LogP contribution in [0.1, 0.15) is 16.1 Å². The molecule has 0 saturated carbocycles. The Bertz CT molecular complexity index is 1050. The summed E-state index contributed by atoms with van der Waals surface area (Å²) in [6.45, 7) is 1.79. The van der Waals surface area contributed by atoms with Crippen LogP contribution in [0.4, 0.5) is 5.88 Å². The number of amides is 1. The molecule has 142 valence electrons. The third-order valence-electron chi connectivity index (χ3n) is 4.49. The number of rotatable bonds is 3. The summed E-state index contributed by atoms with van der Waals surface area (Å²) >= 11 is 3.32.